The van der Waals surface area contributed by atoms with Gasteiger partial charge in [0.15, 0.2) is 0 Å². The molecule has 5 heteroatoms. The number of rotatable bonds is 3. The van der Waals surface area contributed by atoms with E-state index in [-0.39, 0.29) is 5.50 Å². The molecule has 2 aromatic rings. The van der Waals surface area contributed by atoms with Crippen molar-refractivity contribution in [2.75, 3.05) is 5.50 Å². The van der Waals surface area contributed by atoms with Crippen LogP contribution in [0.2, 0.25) is 0 Å². The van der Waals surface area contributed by atoms with Crippen molar-refractivity contribution in [3.8, 4) is 0 Å². The quantitative estimate of drug-likeness (QED) is 0.462. The fourth-order valence-corrected chi connectivity index (χ4v) is 4.71. The fraction of sp³-hybridized carbons (Fsp3) is 0.0769. The van der Waals surface area contributed by atoms with E-state index in [9.17, 15) is 8.78 Å². The van der Waals surface area contributed by atoms with Gasteiger partial charge in [0.05, 0.1) is 5.50 Å². The molecule has 0 aliphatic carbocycles. The summed E-state index contributed by atoms with van der Waals surface area (Å²) in [7, 11) is -3.59. The van der Waals surface area contributed by atoms with Crippen LogP contribution in [0.1, 0.15) is 0 Å². The molecule has 0 saturated carbocycles. The molecule has 18 heavy (non-hydrogen) atoms. The first kappa shape index (κ1) is 13.2. The summed E-state index contributed by atoms with van der Waals surface area (Å²) < 4.78 is 40.7. The van der Waals surface area contributed by atoms with Crippen LogP contribution >= 0.6 is 11.6 Å². The lowest BCUT2D eigenvalue weighted by molar-refractivity contribution is 0.628. The van der Waals surface area contributed by atoms with Crippen molar-refractivity contribution in [1.29, 1.82) is 0 Å². The molecule has 0 amide bonds. The molecule has 0 heterocycles. The Morgan fingerprint density at radius 1 is 0.778 bits per heavy atom. The second-order valence-electron chi connectivity index (χ2n) is 3.95. The number of benzene rings is 2. The van der Waals surface area contributed by atoms with Crippen LogP contribution < -0.4 is 10.4 Å². The van der Waals surface area contributed by atoms with Crippen LogP contribution in [0.15, 0.2) is 48.5 Å². The molecule has 0 spiro atoms. The van der Waals surface area contributed by atoms with E-state index in [2.05, 4.69) is 0 Å². The van der Waals surface area contributed by atoms with Crippen LogP contribution in [-0.2, 0) is 0 Å². The molecule has 0 aliphatic rings. The molecule has 0 aliphatic heterocycles. The standard InChI is InChI=1S/C13H10ClF3Si/c14-9-18(17,12-5-1-10(15)2-6-12)13-7-3-11(16)4-8-13/h1-8H,9H2. The van der Waals surface area contributed by atoms with E-state index in [4.69, 9.17) is 11.6 Å². The highest BCUT2D eigenvalue weighted by Gasteiger charge is 2.38. The van der Waals surface area contributed by atoms with Crippen molar-refractivity contribution in [3.63, 3.8) is 0 Å². The Kier molecular flexibility index (Phi) is 3.78. The van der Waals surface area contributed by atoms with E-state index in [1.807, 2.05) is 0 Å². The maximum atomic E-state index is 15.0. The van der Waals surface area contributed by atoms with Crippen LogP contribution in [0.3, 0.4) is 0 Å². The van der Waals surface area contributed by atoms with E-state index in [0.717, 1.165) is 0 Å². The first-order valence-corrected chi connectivity index (χ1v) is 7.95. The number of halogens is 4. The molecule has 0 N–H and O–H groups in total. The van der Waals surface area contributed by atoms with Gasteiger partial charge < -0.3 is 4.11 Å². The molecule has 0 nitrogen and oxygen atoms in total. The minimum Gasteiger partial charge on any atom is -0.301 e. The maximum absolute atomic E-state index is 15.0. The zero-order chi connectivity index (χ0) is 13.2. The van der Waals surface area contributed by atoms with Gasteiger partial charge in [-0.15, -0.1) is 11.6 Å². The molecule has 2 rings (SSSR count). The first-order valence-electron chi connectivity index (χ1n) is 5.33. The lowest BCUT2D eigenvalue weighted by Crippen LogP contribution is -2.56. The van der Waals surface area contributed by atoms with Crippen LogP contribution in [0.4, 0.5) is 12.9 Å². The van der Waals surface area contributed by atoms with E-state index < -0.39 is 20.0 Å². The smallest absolute Gasteiger partial charge is 0.301 e. The number of hydrogen-bond donors (Lipinski definition) is 0. The van der Waals surface area contributed by atoms with Crippen molar-refractivity contribution in [1.82, 2.24) is 0 Å². The van der Waals surface area contributed by atoms with Gasteiger partial charge in [0, 0.05) is 0 Å². The third kappa shape index (κ3) is 2.44. The van der Waals surface area contributed by atoms with Crippen LogP contribution in [0.5, 0.6) is 0 Å². The Bertz CT molecular complexity index is 479. The zero-order valence-electron chi connectivity index (χ0n) is 9.34. The summed E-state index contributed by atoms with van der Waals surface area (Å²) in [6.07, 6.45) is 0. The summed E-state index contributed by atoms with van der Waals surface area (Å²) in [5.74, 6) is -0.854. The molecule has 0 radical (unpaired) electrons. The van der Waals surface area contributed by atoms with Gasteiger partial charge in [0.1, 0.15) is 11.6 Å². The van der Waals surface area contributed by atoms with Gasteiger partial charge in [-0.25, -0.2) is 8.78 Å². The first-order chi connectivity index (χ1) is 8.56. The van der Waals surface area contributed by atoms with Gasteiger partial charge in [-0.3, -0.25) is 0 Å². The third-order valence-corrected chi connectivity index (χ3v) is 6.76. The molecule has 0 saturated heterocycles. The third-order valence-electron chi connectivity index (χ3n) is 2.79. The second kappa shape index (κ2) is 5.16. The predicted octanol–water partition coefficient (Wildman–Crippen LogP) is 2.77. The summed E-state index contributed by atoms with van der Waals surface area (Å²) in [6, 6.07) is 10.4. The predicted molar refractivity (Wildman–Crippen MR) is 69.7 cm³/mol. The van der Waals surface area contributed by atoms with Crippen LogP contribution in [-0.4, -0.2) is 13.9 Å². The molecule has 0 fully saturated rings. The average Bonchev–Trinajstić information content (AvgIpc) is 2.39. The molecular weight excluding hydrogens is 277 g/mol. The summed E-state index contributed by atoms with van der Waals surface area (Å²) in [6.45, 7) is 0. The Labute approximate surface area is 109 Å². The van der Waals surface area contributed by atoms with E-state index in [0.29, 0.717) is 10.4 Å². The molecule has 2 aromatic carbocycles. The summed E-state index contributed by atoms with van der Waals surface area (Å²) in [4.78, 5) is 0. The minimum atomic E-state index is -3.59. The van der Waals surface area contributed by atoms with E-state index in [1.54, 1.807) is 0 Å². The van der Waals surface area contributed by atoms with Gasteiger partial charge in [-0.05, 0) is 34.6 Å². The normalized spacial score (nSPS) is 11.6. The summed E-state index contributed by atoms with van der Waals surface area (Å²) >= 11 is 5.76. The summed E-state index contributed by atoms with van der Waals surface area (Å²) in [5, 5.41) is 0.760. The molecule has 0 bridgehead atoms. The van der Waals surface area contributed by atoms with Gasteiger partial charge in [0.2, 0.25) is 0 Å². The van der Waals surface area contributed by atoms with Crippen LogP contribution in [0, 0.1) is 11.6 Å². The molecular formula is C13H10ClF3Si. The molecule has 0 atom stereocenters. The second-order valence-corrected chi connectivity index (χ2v) is 7.77. The molecule has 0 aromatic heterocycles. The minimum absolute atomic E-state index is 0.190. The van der Waals surface area contributed by atoms with Crippen molar-refractivity contribution in [2.24, 2.45) is 0 Å². The van der Waals surface area contributed by atoms with Gasteiger partial charge in [-0.2, -0.15) is 0 Å². The van der Waals surface area contributed by atoms with E-state index in [1.165, 1.54) is 48.5 Å². The highest BCUT2D eigenvalue weighted by molar-refractivity contribution is 7.00. The van der Waals surface area contributed by atoms with Crippen molar-refractivity contribution in [3.05, 3.63) is 60.2 Å². The van der Waals surface area contributed by atoms with Crippen molar-refractivity contribution < 1.29 is 12.9 Å². The lowest BCUT2D eigenvalue weighted by atomic mass is 10.3. The highest BCUT2D eigenvalue weighted by atomic mass is 35.5. The van der Waals surface area contributed by atoms with Gasteiger partial charge >= 0.3 is 8.41 Å². The summed E-state index contributed by atoms with van der Waals surface area (Å²) in [5.41, 5.74) is -0.190. The molecule has 0 unspecified atom stereocenters. The maximum Gasteiger partial charge on any atom is 0.322 e. The Balaban J connectivity index is 2.47. The topological polar surface area (TPSA) is 0 Å². The zero-order valence-corrected chi connectivity index (χ0v) is 11.1. The van der Waals surface area contributed by atoms with Crippen LogP contribution in [0.25, 0.3) is 0 Å². The van der Waals surface area contributed by atoms with Gasteiger partial charge in [-0.1, -0.05) is 24.3 Å². The Hall–Kier alpha value is -1.26. The highest BCUT2D eigenvalue weighted by Crippen LogP contribution is 2.10. The average molecular weight is 287 g/mol. The Morgan fingerprint density at radius 3 is 1.39 bits per heavy atom. The number of hydrogen-bond acceptors (Lipinski definition) is 0. The van der Waals surface area contributed by atoms with Gasteiger partial charge in [0.25, 0.3) is 0 Å². The fourth-order valence-electron chi connectivity index (χ4n) is 1.75. The molecule has 94 valence electrons. The van der Waals surface area contributed by atoms with Crippen molar-refractivity contribution >= 4 is 30.4 Å². The monoisotopic (exact) mass is 286 g/mol. The van der Waals surface area contributed by atoms with E-state index >= 15 is 4.11 Å². The SMILES string of the molecule is Fc1ccc([Si](F)(CCl)c2ccc(F)cc2)cc1. The number of alkyl halides is 1. The van der Waals surface area contributed by atoms with Crippen molar-refractivity contribution in [2.45, 2.75) is 0 Å². The Morgan fingerprint density at radius 2 is 1.11 bits per heavy atom. The lowest BCUT2D eigenvalue weighted by Gasteiger charge is -2.20. The largest absolute Gasteiger partial charge is 0.322 e.